The van der Waals surface area contributed by atoms with Crippen molar-refractivity contribution in [3.8, 4) is 0 Å². The van der Waals surface area contributed by atoms with Crippen molar-refractivity contribution in [2.24, 2.45) is 5.84 Å². The van der Waals surface area contributed by atoms with Gasteiger partial charge in [0.25, 0.3) is 0 Å². The lowest BCUT2D eigenvalue weighted by molar-refractivity contribution is 0.562. The van der Waals surface area contributed by atoms with Crippen LogP contribution in [0.2, 0.25) is 0 Å². The van der Waals surface area contributed by atoms with Gasteiger partial charge in [0.05, 0.1) is 6.04 Å². The Balaban J connectivity index is 2.46. The molecule has 1 aromatic carbocycles. The van der Waals surface area contributed by atoms with Gasteiger partial charge >= 0.3 is 0 Å². The van der Waals surface area contributed by atoms with Gasteiger partial charge in [0.1, 0.15) is 5.82 Å². The first kappa shape index (κ1) is 12.2. The average molecular weight is 250 g/mol. The second-order valence-corrected chi connectivity index (χ2v) is 5.04. The molecule has 0 amide bonds. The monoisotopic (exact) mass is 250 g/mol. The first-order chi connectivity index (χ1) is 8.13. The van der Waals surface area contributed by atoms with Crippen LogP contribution in [-0.4, -0.2) is 0 Å². The van der Waals surface area contributed by atoms with E-state index in [1.807, 2.05) is 31.4 Å². The van der Waals surface area contributed by atoms with Crippen molar-refractivity contribution in [2.75, 3.05) is 0 Å². The minimum atomic E-state index is -0.282. The molecule has 0 aliphatic carbocycles. The van der Waals surface area contributed by atoms with Crippen LogP contribution in [0.25, 0.3) is 0 Å². The van der Waals surface area contributed by atoms with Crippen LogP contribution in [0.15, 0.2) is 29.6 Å². The Kier molecular flexibility index (Phi) is 3.57. The fourth-order valence-corrected chi connectivity index (χ4v) is 2.86. The van der Waals surface area contributed by atoms with Crippen molar-refractivity contribution in [1.29, 1.82) is 0 Å². The predicted molar refractivity (Wildman–Crippen MR) is 69.4 cm³/mol. The second kappa shape index (κ2) is 4.96. The van der Waals surface area contributed by atoms with Crippen molar-refractivity contribution in [2.45, 2.75) is 19.9 Å². The molecule has 0 radical (unpaired) electrons. The third kappa shape index (κ3) is 2.39. The summed E-state index contributed by atoms with van der Waals surface area (Å²) in [6.45, 7) is 3.87. The van der Waals surface area contributed by atoms with E-state index in [1.54, 1.807) is 17.4 Å². The van der Waals surface area contributed by atoms with Crippen molar-refractivity contribution in [3.05, 3.63) is 57.0 Å². The summed E-state index contributed by atoms with van der Waals surface area (Å²) in [7, 11) is 0. The van der Waals surface area contributed by atoms with E-state index in [0.717, 1.165) is 16.0 Å². The quantitative estimate of drug-likeness (QED) is 0.649. The third-order valence-electron chi connectivity index (χ3n) is 2.80. The maximum Gasteiger partial charge on any atom is 0.128 e. The van der Waals surface area contributed by atoms with Gasteiger partial charge in [0.2, 0.25) is 0 Å². The number of hydrazine groups is 1. The number of nitrogens with one attached hydrogen (secondary N) is 1. The molecule has 1 unspecified atom stereocenters. The normalized spacial score (nSPS) is 12.7. The van der Waals surface area contributed by atoms with E-state index in [0.29, 0.717) is 5.56 Å². The molecule has 1 heterocycles. The van der Waals surface area contributed by atoms with Gasteiger partial charge in [0.15, 0.2) is 0 Å². The molecule has 17 heavy (non-hydrogen) atoms. The first-order valence-corrected chi connectivity index (χ1v) is 6.27. The number of aryl methyl sites for hydroxylation is 2. The molecule has 1 aromatic heterocycles. The zero-order valence-corrected chi connectivity index (χ0v) is 10.6. The van der Waals surface area contributed by atoms with E-state index in [-0.39, 0.29) is 11.9 Å². The fraction of sp³-hybridized carbons (Fsp3) is 0.231. The lowest BCUT2D eigenvalue weighted by Gasteiger charge is -2.17. The van der Waals surface area contributed by atoms with E-state index >= 15 is 0 Å². The molecule has 90 valence electrons. The molecular weight excluding hydrogens is 235 g/mol. The van der Waals surface area contributed by atoms with Crippen LogP contribution < -0.4 is 11.3 Å². The van der Waals surface area contributed by atoms with Crippen LogP contribution in [0.1, 0.15) is 27.6 Å². The maximum atomic E-state index is 13.9. The summed E-state index contributed by atoms with van der Waals surface area (Å²) in [6, 6.07) is 6.94. The van der Waals surface area contributed by atoms with Gasteiger partial charge in [-0.05, 0) is 42.5 Å². The predicted octanol–water partition coefficient (Wildman–Crippen LogP) is 3.06. The minimum Gasteiger partial charge on any atom is -0.271 e. The summed E-state index contributed by atoms with van der Waals surface area (Å²) >= 11 is 1.58. The zero-order chi connectivity index (χ0) is 12.4. The van der Waals surface area contributed by atoms with Gasteiger partial charge in [-0.25, -0.2) is 9.82 Å². The summed E-state index contributed by atoms with van der Waals surface area (Å²) in [5.41, 5.74) is 5.31. The van der Waals surface area contributed by atoms with Crippen molar-refractivity contribution < 1.29 is 4.39 Å². The molecule has 0 aliphatic rings. The van der Waals surface area contributed by atoms with E-state index < -0.39 is 0 Å². The van der Waals surface area contributed by atoms with E-state index in [1.165, 1.54) is 6.07 Å². The highest BCUT2D eigenvalue weighted by Crippen LogP contribution is 2.30. The molecular formula is C13H15FN2S. The van der Waals surface area contributed by atoms with Gasteiger partial charge in [0, 0.05) is 10.4 Å². The lowest BCUT2D eigenvalue weighted by Crippen LogP contribution is -2.29. The van der Waals surface area contributed by atoms with Crippen LogP contribution in [0.5, 0.6) is 0 Å². The number of rotatable bonds is 3. The standard InChI is InChI=1S/C13H15FN2S/c1-8-3-4-10(11(14)7-8)12(16-15)13-9(2)5-6-17-13/h3-7,12,16H,15H2,1-2H3. The van der Waals surface area contributed by atoms with Gasteiger partial charge in [-0.1, -0.05) is 12.1 Å². The third-order valence-corrected chi connectivity index (χ3v) is 3.88. The van der Waals surface area contributed by atoms with Crippen LogP contribution >= 0.6 is 11.3 Å². The molecule has 1 atom stereocenters. The summed E-state index contributed by atoms with van der Waals surface area (Å²) in [5, 5.41) is 1.99. The van der Waals surface area contributed by atoms with E-state index in [4.69, 9.17) is 5.84 Å². The van der Waals surface area contributed by atoms with Gasteiger partial charge in [-0.3, -0.25) is 5.84 Å². The summed E-state index contributed by atoms with van der Waals surface area (Å²) in [5.74, 6) is 5.34. The SMILES string of the molecule is Cc1ccc(C(NN)c2sccc2C)c(F)c1. The Morgan fingerprint density at radius 1 is 1.29 bits per heavy atom. The Morgan fingerprint density at radius 2 is 2.06 bits per heavy atom. The average Bonchev–Trinajstić information content (AvgIpc) is 2.69. The van der Waals surface area contributed by atoms with Gasteiger partial charge in [-0.2, -0.15) is 0 Å². The Bertz CT molecular complexity index is 522. The molecule has 2 aromatic rings. The van der Waals surface area contributed by atoms with Gasteiger partial charge < -0.3 is 0 Å². The Labute approximate surface area is 104 Å². The van der Waals surface area contributed by atoms with Crippen LogP contribution in [0.4, 0.5) is 4.39 Å². The van der Waals surface area contributed by atoms with E-state index in [9.17, 15) is 4.39 Å². The second-order valence-electron chi connectivity index (χ2n) is 4.09. The molecule has 2 rings (SSSR count). The first-order valence-electron chi connectivity index (χ1n) is 5.39. The largest absolute Gasteiger partial charge is 0.271 e. The summed E-state index contributed by atoms with van der Waals surface area (Å²) in [4.78, 5) is 1.05. The molecule has 0 bridgehead atoms. The van der Waals surface area contributed by atoms with Crippen molar-refractivity contribution >= 4 is 11.3 Å². The number of thiophene rings is 1. The van der Waals surface area contributed by atoms with Crippen molar-refractivity contribution in [3.63, 3.8) is 0 Å². The number of nitrogens with two attached hydrogens (primary N) is 1. The molecule has 0 spiro atoms. The smallest absolute Gasteiger partial charge is 0.128 e. The van der Waals surface area contributed by atoms with Crippen LogP contribution in [-0.2, 0) is 0 Å². The molecule has 2 nitrogen and oxygen atoms in total. The van der Waals surface area contributed by atoms with Gasteiger partial charge in [-0.15, -0.1) is 11.3 Å². The number of hydrogen-bond donors (Lipinski definition) is 2. The molecule has 0 fully saturated rings. The zero-order valence-electron chi connectivity index (χ0n) is 9.83. The summed E-state index contributed by atoms with van der Waals surface area (Å²) < 4.78 is 13.9. The number of benzene rings is 1. The Hall–Kier alpha value is -1.23. The van der Waals surface area contributed by atoms with Crippen LogP contribution in [0.3, 0.4) is 0 Å². The highest BCUT2D eigenvalue weighted by molar-refractivity contribution is 7.10. The molecule has 3 N–H and O–H groups in total. The van der Waals surface area contributed by atoms with Crippen LogP contribution in [0, 0.1) is 19.7 Å². The molecule has 0 aliphatic heterocycles. The topological polar surface area (TPSA) is 38.0 Å². The number of halogens is 1. The summed E-state index contributed by atoms with van der Waals surface area (Å²) in [6.07, 6.45) is 0. The molecule has 0 saturated heterocycles. The maximum absolute atomic E-state index is 13.9. The lowest BCUT2D eigenvalue weighted by atomic mass is 10.0. The molecule has 4 heteroatoms. The highest BCUT2D eigenvalue weighted by Gasteiger charge is 2.19. The van der Waals surface area contributed by atoms with E-state index in [2.05, 4.69) is 5.43 Å². The highest BCUT2D eigenvalue weighted by atomic mass is 32.1. The van der Waals surface area contributed by atoms with Crippen molar-refractivity contribution in [1.82, 2.24) is 5.43 Å². The Morgan fingerprint density at radius 3 is 2.59 bits per heavy atom. The number of hydrogen-bond acceptors (Lipinski definition) is 3. The fourth-order valence-electron chi connectivity index (χ4n) is 1.85. The molecule has 0 saturated carbocycles. The minimum absolute atomic E-state index is 0.222.